The van der Waals surface area contributed by atoms with E-state index in [1.165, 1.54) is 41.5 Å². The fourth-order valence-corrected chi connectivity index (χ4v) is 3.39. The maximum atomic E-state index is 3.73. The Hall–Kier alpha value is -0.540. The van der Waals surface area contributed by atoms with Gasteiger partial charge in [-0.15, -0.1) is 0 Å². The lowest BCUT2D eigenvalue weighted by atomic mass is 9.85. The molecule has 0 spiro atoms. The molecule has 106 valence electrons. The Balaban J connectivity index is 2.05. The molecule has 0 aromatic heterocycles. The molecule has 19 heavy (non-hydrogen) atoms. The number of hydrogen-bond acceptors (Lipinski definition) is 2. The minimum atomic E-state index is 0.410. The number of halogens is 1. The zero-order chi connectivity index (χ0) is 13.8. The van der Waals surface area contributed by atoms with Gasteiger partial charge >= 0.3 is 0 Å². The number of rotatable bonds is 6. The average molecular weight is 325 g/mol. The molecule has 0 bridgehead atoms. The predicted molar refractivity (Wildman–Crippen MR) is 86.8 cm³/mol. The van der Waals surface area contributed by atoms with E-state index in [2.05, 4.69) is 65.2 Å². The van der Waals surface area contributed by atoms with Crippen LogP contribution in [0.3, 0.4) is 0 Å². The van der Waals surface area contributed by atoms with Gasteiger partial charge in [-0.2, -0.15) is 0 Å². The molecule has 0 aliphatic heterocycles. The highest BCUT2D eigenvalue weighted by molar-refractivity contribution is 9.10. The van der Waals surface area contributed by atoms with Crippen molar-refractivity contribution in [2.45, 2.75) is 39.2 Å². The number of nitrogens with zero attached hydrogens (tertiary/aromatic N) is 1. The van der Waals surface area contributed by atoms with E-state index in [1.807, 2.05) is 0 Å². The Morgan fingerprint density at radius 1 is 1.42 bits per heavy atom. The van der Waals surface area contributed by atoms with Crippen LogP contribution in [-0.2, 0) is 0 Å². The first kappa shape index (κ1) is 14.9. The van der Waals surface area contributed by atoms with Crippen molar-refractivity contribution in [2.24, 2.45) is 5.92 Å². The van der Waals surface area contributed by atoms with Crippen LogP contribution in [0.2, 0.25) is 0 Å². The van der Waals surface area contributed by atoms with E-state index in [9.17, 15) is 0 Å². The van der Waals surface area contributed by atoms with Crippen molar-refractivity contribution >= 4 is 21.6 Å². The molecule has 0 amide bonds. The molecule has 0 heterocycles. The maximum absolute atomic E-state index is 3.73. The topological polar surface area (TPSA) is 15.3 Å². The van der Waals surface area contributed by atoms with Crippen LogP contribution in [0.25, 0.3) is 0 Å². The van der Waals surface area contributed by atoms with Gasteiger partial charge in [-0.25, -0.2) is 0 Å². The third-order valence-corrected chi connectivity index (χ3v) is 4.79. The molecule has 0 saturated heterocycles. The predicted octanol–water partition coefficient (Wildman–Crippen LogP) is 4.36. The van der Waals surface area contributed by atoms with Crippen molar-refractivity contribution in [3.8, 4) is 0 Å². The van der Waals surface area contributed by atoms with Crippen LogP contribution in [0.4, 0.5) is 5.69 Å². The highest BCUT2D eigenvalue weighted by Crippen LogP contribution is 2.32. The van der Waals surface area contributed by atoms with Gasteiger partial charge in [0, 0.05) is 24.1 Å². The average Bonchev–Trinajstić information content (AvgIpc) is 2.33. The second-order valence-corrected chi connectivity index (χ2v) is 6.52. The maximum Gasteiger partial charge on any atom is 0.0508 e. The normalized spacial score (nSPS) is 17.1. The zero-order valence-electron chi connectivity index (χ0n) is 12.2. The van der Waals surface area contributed by atoms with Gasteiger partial charge in [-0.05, 0) is 65.9 Å². The summed E-state index contributed by atoms with van der Waals surface area (Å²) in [5, 5.41) is 3.45. The first-order valence-electron chi connectivity index (χ1n) is 7.35. The summed E-state index contributed by atoms with van der Waals surface area (Å²) in [6, 6.07) is 7.14. The van der Waals surface area contributed by atoms with Crippen LogP contribution in [0.15, 0.2) is 22.7 Å². The van der Waals surface area contributed by atoms with Crippen LogP contribution in [0, 0.1) is 5.92 Å². The number of benzene rings is 1. The Kier molecular flexibility index (Phi) is 5.28. The summed E-state index contributed by atoms with van der Waals surface area (Å²) in [4.78, 5) is 2.38. The Labute approximate surface area is 125 Å². The molecule has 1 saturated carbocycles. The molecular formula is C16H25BrN2. The Morgan fingerprint density at radius 3 is 2.68 bits per heavy atom. The Morgan fingerprint density at radius 2 is 2.16 bits per heavy atom. The van der Waals surface area contributed by atoms with Gasteiger partial charge < -0.3 is 10.2 Å². The van der Waals surface area contributed by atoms with Gasteiger partial charge in [-0.3, -0.25) is 0 Å². The summed E-state index contributed by atoms with van der Waals surface area (Å²) in [5.41, 5.74) is 2.65. The largest absolute Gasteiger partial charge is 0.373 e. The molecule has 0 radical (unpaired) electrons. The second kappa shape index (κ2) is 6.76. The minimum Gasteiger partial charge on any atom is -0.373 e. The van der Waals surface area contributed by atoms with Crippen molar-refractivity contribution in [3.05, 3.63) is 28.2 Å². The van der Waals surface area contributed by atoms with Crippen molar-refractivity contribution in [2.75, 3.05) is 25.0 Å². The van der Waals surface area contributed by atoms with Gasteiger partial charge in [0.2, 0.25) is 0 Å². The SMILES string of the molecule is CCNC(C)c1ccc(N(C)CC2CCC2)c(Br)c1. The van der Waals surface area contributed by atoms with E-state index in [4.69, 9.17) is 0 Å². The zero-order valence-corrected chi connectivity index (χ0v) is 13.8. The minimum absolute atomic E-state index is 0.410. The van der Waals surface area contributed by atoms with E-state index in [1.54, 1.807) is 0 Å². The van der Waals surface area contributed by atoms with Gasteiger partial charge in [-0.1, -0.05) is 19.4 Å². The number of anilines is 1. The molecule has 1 atom stereocenters. The number of hydrogen-bond donors (Lipinski definition) is 1. The van der Waals surface area contributed by atoms with Gasteiger partial charge in [0.25, 0.3) is 0 Å². The molecule has 1 aromatic carbocycles. The van der Waals surface area contributed by atoms with Crippen molar-refractivity contribution in [1.29, 1.82) is 0 Å². The molecule has 1 unspecified atom stereocenters. The summed E-state index contributed by atoms with van der Waals surface area (Å²) < 4.78 is 1.21. The first-order valence-corrected chi connectivity index (χ1v) is 8.15. The summed E-state index contributed by atoms with van der Waals surface area (Å²) in [6.45, 7) is 6.54. The van der Waals surface area contributed by atoms with Gasteiger partial charge in [0.1, 0.15) is 0 Å². The molecule has 2 nitrogen and oxygen atoms in total. The van der Waals surface area contributed by atoms with E-state index in [0.717, 1.165) is 12.5 Å². The lowest BCUT2D eigenvalue weighted by molar-refractivity contribution is 0.321. The van der Waals surface area contributed by atoms with Crippen LogP contribution in [0.1, 0.15) is 44.7 Å². The fourth-order valence-electron chi connectivity index (χ4n) is 2.69. The highest BCUT2D eigenvalue weighted by atomic mass is 79.9. The summed E-state index contributed by atoms with van der Waals surface area (Å²) in [6.07, 6.45) is 4.22. The standard InChI is InChI=1S/C16H25BrN2/c1-4-18-12(2)14-8-9-16(15(17)10-14)19(3)11-13-6-5-7-13/h8-10,12-13,18H,4-7,11H2,1-3H3. The summed E-state index contributed by atoms with van der Waals surface area (Å²) in [7, 11) is 2.20. The van der Waals surface area contributed by atoms with Crippen LogP contribution in [-0.4, -0.2) is 20.1 Å². The second-order valence-electron chi connectivity index (χ2n) is 5.67. The molecular weight excluding hydrogens is 300 g/mol. The van der Waals surface area contributed by atoms with Crippen molar-refractivity contribution in [1.82, 2.24) is 5.32 Å². The molecule has 1 aromatic rings. The van der Waals surface area contributed by atoms with E-state index < -0.39 is 0 Å². The van der Waals surface area contributed by atoms with Gasteiger partial charge in [0.05, 0.1) is 5.69 Å². The first-order chi connectivity index (χ1) is 9.11. The summed E-state index contributed by atoms with van der Waals surface area (Å²) in [5.74, 6) is 0.900. The van der Waals surface area contributed by atoms with E-state index in [0.29, 0.717) is 6.04 Å². The quantitative estimate of drug-likeness (QED) is 0.836. The molecule has 1 fully saturated rings. The van der Waals surface area contributed by atoms with Crippen LogP contribution >= 0.6 is 15.9 Å². The van der Waals surface area contributed by atoms with E-state index >= 15 is 0 Å². The molecule has 2 rings (SSSR count). The molecule has 1 aliphatic rings. The van der Waals surface area contributed by atoms with Crippen molar-refractivity contribution in [3.63, 3.8) is 0 Å². The fraction of sp³-hybridized carbons (Fsp3) is 0.625. The lowest BCUT2D eigenvalue weighted by Crippen LogP contribution is -2.29. The van der Waals surface area contributed by atoms with Gasteiger partial charge in [0.15, 0.2) is 0 Å². The third kappa shape index (κ3) is 3.73. The number of nitrogens with one attached hydrogen (secondary N) is 1. The third-order valence-electron chi connectivity index (χ3n) is 4.15. The smallest absolute Gasteiger partial charge is 0.0508 e. The van der Waals surface area contributed by atoms with Crippen LogP contribution < -0.4 is 10.2 Å². The van der Waals surface area contributed by atoms with Crippen molar-refractivity contribution < 1.29 is 0 Å². The van der Waals surface area contributed by atoms with Crippen LogP contribution in [0.5, 0.6) is 0 Å². The molecule has 3 heteroatoms. The Bertz CT molecular complexity index is 415. The highest BCUT2D eigenvalue weighted by Gasteiger charge is 2.20. The molecule has 1 aliphatic carbocycles. The molecule has 1 N–H and O–H groups in total. The summed E-state index contributed by atoms with van der Waals surface area (Å²) >= 11 is 3.73. The van der Waals surface area contributed by atoms with E-state index in [-0.39, 0.29) is 0 Å². The monoisotopic (exact) mass is 324 g/mol. The lowest BCUT2D eigenvalue weighted by Gasteiger charge is -2.32.